The number of rotatable bonds is 4. The first-order valence-electron chi connectivity index (χ1n) is 11.8. The van der Waals surface area contributed by atoms with E-state index < -0.39 is 12.2 Å². The molecule has 33 heavy (non-hydrogen) atoms. The monoisotopic (exact) mass is 497 g/mol. The Kier molecular flexibility index (Phi) is 12.1. The number of aliphatic hydroxyl groups excluding tert-OH is 1. The zero-order valence-electron chi connectivity index (χ0n) is 20.5. The van der Waals surface area contributed by atoms with Gasteiger partial charge in [0.25, 0.3) is 0 Å². The Labute approximate surface area is 206 Å². The molecule has 1 N–H and O–H groups in total. The molecule has 186 valence electrons. The minimum atomic E-state index is -0.643. The number of esters is 1. The number of aliphatic hydroxyl groups is 1. The molecule has 0 saturated carbocycles. The van der Waals surface area contributed by atoms with Gasteiger partial charge in [-0.25, -0.2) is 4.98 Å². The molecule has 0 aliphatic carbocycles. The summed E-state index contributed by atoms with van der Waals surface area (Å²) in [7, 11) is 0. The predicted molar refractivity (Wildman–Crippen MR) is 135 cm³/mol. The number of nitrogens with zero attached hydrogens (tertiary/aromatic N) is 1. The molecular formula is C25H39NO5S2. The van der Waals surface area contributed by atoms with Gasteiger partial charge < -0.3 is 14.6 Å². The number of hydrogen-bond donors (Lipinski definition) is 1. The molecule has 1 fully saturated rings. The molecule has 1 saturated heterocycles. The van der Waals surface area contributed by atoms with Crippen molar-refractivity contribution in [1.82, 2.24) is 4.98 Å². The molecule has 5 atom stereocenters. The van der Waals surface area contributed by atoms with Crippen LogP contribution < -0.4 is 0 Å². The van der Waals surface area contributed by atoms with Crippen molar-refractivity contribution >= 4 is 40.9 Å². The number of aromatic nitrogens is 1. The molecule has 8 heteroatoms. The van der Waals surface area contributed by atoms with E-state index in [0.717, 1.165) is 41.3 Å². The third-order valence-corrected chi connectivity index (χ3v) is 7.81. The average Bonchev–Trinajstić information content (AvgIpc) is 3.20. The van der Waals surface area contributed by atoms with Gasteiger partial charge in [-0.15, -0.1) is 11.3 Å². The Morgan fingerprint density at radius 3 is 2.76 bits per heavy atom. The van der Waals surface area contributed by atoms with Crippen molar-refractivity contribution in [3.63, 3.8) is 0 Å². The summed E-state index contributed by atoms with van der Waals surface area (Å²) in [6, 6.07) is 0. The number of ether oxygens (including phenoxy) is 2. The Morgan fingerprint density at radius 2 is 2.03 bits per heavy atom. The van der Waals surface area contributed by atoms with E-state index in [4.69, 9.17) is 9.47 Å². The third kappa shape index (κ3) is 9.89. The Morgan fingerprint density at radius 1 is 1.27 bits per heavy atom. The number of carbonyl (C=O) groups is 2. The summed E-state index contributed by atoms with van der Waals surface area (Å²) < 4.78 is 11.8. The summed E-state index contributed by atoms with van der Waals surface area (Å²) in [5, 5.41) is 13.5. The van der Waals surface area contributed by atoms with E-state index in [1.165, 1.54) is 0 Å². The van der Waals surface area contributed by atoms with Crippen molar-refractivity contribution in [3.05, 3.63) is 21.7 Å². The summed E-state index contributed by atoms with van der Waals surface area (Å²) in [6.07, 6.45) is 6.17. The molecule has 0 spiro atoms. The van der Waals surface area contributed by atoms with Gasteiger partial charge in [-0.05, 0) is 56.9 Å². The van der Waals surface area contributed by atoms with E-state index in [2.05, 4.69) is 11.2 Å². The van der Waals surface area contributed by atoms with Crippen molar-refractivity contribution < 1.29 is 24.2 Å². The summed E-state index contributed by atoms with van der Waals surface area (Å²) in [4.78, 5) is 29.7. The van der Waals surface area contributed by atoms with Crippen LogP contribution in [0.3, 0.4) is 0 Å². The van der Waals surface area contributed by atoms with Gasteiger partial charge in [-0.1, -0.05) is 20.3 Å². The minimum Gasteiger partial charge on any atom is -0.455 e. The second-order valence-electron chi connectivity index (χ2n) is 9.20. The average molecular weight is 498 g/mol. The maximum Gasteiger partial charge on any atom is 0.306 e. The van der Waals surface area contributed by atoms with Gasteiger partial charge in [-0.3, -0.25) is 9.59 Å². The standard InChI is InChI=1S/C25H39NO5S2/c1-16-7-6-8-19(4)30-13-23(18(3)11-20-14-33-24(26-20)15-32-5)31-25(29)10-9-17(2)22(28)12-21(16)27/h11,14,16-17,19,21,23,27H,6-10,12-13,15H2,1-5H3/b18-11+/t16-,17?,19?,21?,23?/m0/s1. The van der Waals surface area contributed by atoms with Crippen LogP contribution in [-0.2, 0) is 24.8 Å². The lowest BCUT2D eigenvalue weighted by Gasteiger charge is -2.24. The van der Waals surface area contributed by atoms with Gasteiger partial charge in [0.2, 0.25) is 0 Å². The molecule has 0 radical (unpaired) electrons. The zero-order chi connectivity index (χ0) is 24.4. The van der Waals surface area contributed by atoms with Gasteiger partial charge >= 0.3 is 5.97 Å². The zero-order valence-corrected chi connectivity index (χ0v) is 22.2. The van der Waals surface area contributed by atoms with Crippen molar-refractivity contribution in [1.29, 1.82) is 0 Å². The number of ketones is 1. The number of thioether (sulfide) groups is 1. The SMILES string of the molecule is CSCc1nc(/C=C(\C)C2COC(C)CCC[C@H](C)C(O)CC(=O)C(C)CCC(=O)O2)cs1. The maximum atomic E-state index is 12.6. The number of carbonyl (C=O) groups excluding carboxylic acids is 2. The van der Waals surface area contributed by atoms with Crippen molar-refractivity contribution in [2.24, 2.45) is 11.8 Å². The molecule has 1 aliphatic rings. The number of Topliss-reactive ketones (excluding diaryl/α,β-unsaturated/α-hetero) is 1. The van der Waals surface area contributed by atoms with Crippen LogP contribution in [0.4, 0.5) is 0 Å². The molecule has 1 aromatic rings. The lowest BCUT2D eigenvalue weighted by atomic mass is 9.89. The highest BCUT2D eigenvalue weighted by molar-refractivity contribution is 7.97. The first-order valence-corrected chi connectivity index (χ1v) is 14.1. The first kappa shape index (κ1) is 28.0. The fourth-order valence-corrected chi connectivity index (χ4v) is 5.21. The van der Waals surface area contributed by atoms with E-state index in [0.29, 0.717) is 6.42 Å². The van der Waals surface area contributed by atoms with Gasteiger partial charge in [0, 0.05) is 29.9 Å². The molecule has 0 bridgehead atoms. The first-order chi connectivity index (χ1) is 15.7. The van der Waals surface area contributed by atoms with Crippen LogP contribution in [-0.4, -0.2) is 53.0 Å². The highest BCUT2D eigenvalue weighted by Crippen LogP contribution is 2.22. The quantitative estimate of drug-likeness (QED) is 0.566. The molecule has 4 unspecified atom stereocenters. The summed E-state index contributed by atoms with van der Waals surface area (Å²) in [5.41, 5.74) is 1.75. The summed E-state index contributed by atoms with van der Waals surface area (Å²) in [6.45, 7) is 8.04. The molecule has 0 amide bonds. The highest BCUT2D eigenvalue weighted by atomic mass is 32.2. The van der Waals surface area contributed by atoms with Crippen molar-refractivity contribution in [2.75, 3.05) is 12.9 Å². The van der Waals surface area contributed by atoms with Gasteiger partial charge in [-0.2, -0.15) is 11.8 Å². The molecule has 0 aromatic carbocycles. The van der Waals surface area contributed by atoms with Crippen LogP contribution in [0.5, 0.6) is 0 Å². The number of hydrogen-bond acceptors (Lipinski definition) is 8. The van der Waals surface area contributed by atoms with E-state index in [9.17, 15) is 14.7 Å². The second kappa shape index (κ2) is 14.2. The third-order valence-electron chi connectivity index (χ3n) is 6.19. The fourth-order valence-electron chi connectivity index (χ4n) is 3.74. The largest absolute Gasteiger partial charge is 0.455 e. The number of cyclic esters (lactones) is 1. The Balaban J connectivity index is 2.12. The smallest absolute Gasteiger partial charge is 0.306 e. The molecule has 1 aliphatic heterocycles. The molecule has 6 nitrogen and oxygen atoms in total. The van der Waals surface area contributed by atoms with Crippen LogP contribution in [0.1, 0.15) is 76.9 Å². The topological polar surface area (TPSA) is 85.7 Å². The lowest BCUT2D eigenvalue weighted by Crippen LogP contribution is -2.29. The maximum absolute atomic E-state index is 12.6. The summed E-state index contributed by atoms with van der Waals surface area (Å²) in [5.74, 6) is 0.305. The van der Waals surface area contributed by atoms with Crippen LogP contribution in [0.2, 0.25) is 0 Å². The predicted octanol–water partition coefficient (Wildman–Crippen LogP) is 5.28. The molecule has 1 aromatic heterocycles. The van der Waals surface area contributed by atoms with E-state index in [1.54, 1.807) is 23.1 Å². The summed E-state index contributed by atoms with van der Waals surface area (Å²) >= 11 is 3.36. The molecular weight excluding hydrogens is 458 g/mol. The van der Waals surface area contributed by atoms with Crippen LogP contribution >= 0.6 is 23.1 Å². The van der Waals surface area contributed by atoms with Crippen LogP contribution in [0.25, 0.3) is 6.08 Å². The normalized spacial score (nSPS) is 29.6. The minimum absolute atomic E-state index is 0.00292. The second-order valence-corrected chi connectivity index (χ2v) is 11.0. The Bertz CT molecular complexity index is 794. The Hall–Kier alpha value is -1.22. The van der Waals surface area contributed by atoms with Gasteiger partial charge in [0.15, 0.2) is 0 Å². The van der Waals surface area contributed by atoms with Gasteiger partial charge in [0.05, 0.1) is 24.5 Å². The number of thiazole rings is 1. The fraction of sp³-hybridized carbons (Fsp3) is 0.720. The van der Waals surface area contributed by atoms with E-state index in [-0.39, 0.29) is 49.1 Å². The van der Waals surface area contributed by atoms with Crippen molar-refractivity contribution in [2.45, 2.75) is 90.3 Å². The molecule has 2 heterocycles. The highest BCUT2D eigenvalue weighted by Gasteiger charge is 2.24. The lowest BCUT2D eigenvalue weighted by molar-refractivity contribution is -0.151. The van der Waals surface area contributed by atoms with Crippen molar-refractivity contribution in [3.8, 4) is 0 Å². The van der Waals surface area contributed by atoms with E-state index >= 15 is 0 Å². The molecule has 2 rings (SSSR count). The van der Waals surface area contributed by atoms with Crippen LogP contribution in [0, 0.1) is 11.8 Å². The van der Waals surface area contributed by atoms with Gasteiger partial charge in [0.1, 0.15) is 16.9 Å². The van der Waals surface area contributed by atoms with E-state index in [1.807, 2.05) is 39.2 Å². The van der Waals surface area contributed by atoms with Crippen LogP contribution in [0.15, 0.2) is 11.0 Å².